The molecule has 0 spiro atoms. The van der Waals surface area contributed by atoms with E-state index in [1.165, 1.54) is 5.56 Å². The van der Waals surface area contributed by atoms with Crippen LogP contribution in [-0.2, 0) is 17.8 Å². The summed E-state index contributed by atoms with van der Waals surface area (Å²) in [6.07, 6.45) is 0.458. The Morgan fingerprint density at radius 3 is 2.55 bits per heavy atom. The first-order valence-corrected chi connectivity index (χ1v) is 10.5. The molecule has 6 nitrogen and oxygen atoms in total. The van der Waals surface area contributed by atoms with Gasteiger partial charge in [0.25, 0.3) is 0 Å². The van der Waals surface area contributed by atoms with Crippen molar-refractivity contribution in [3.63, 3.8) is 0 Å². The van der Waals surface area contributed by atoms with Crippen LogP contribution in [0, 0.1) is 6.92 Å². The van der Waals surface area contributed by atoms with Crippen molar-refractivity contribution in [2.75, 3.05) is 26.2 Å². The topological polar surface area (TPSA) is 62.5 Å². The molecule has 0 saturated carbocycles. The van der Waals surface area contributed by atoms with Crippen LogP contribution in [0.1, 0.15) is 17.0 Å². The average Bonchev–Trinajstić information content (AvgIpc) is 3.19. The highest BCUT2D eigenvalue weighted by Gasteiger charge is 2.22. The molecule has 1 saturated heterocycles. The van der Waals surface area contributed by atoms with Crippen molar-refractivity contribution in [1.82, 2.24) is 20.0 Å². The fraction of sp³-hybridized carbons (Fsp3) is 0.318. The highest BCUT2D eigenvalue weighted by atomic mass is 79.9. The summed E-state index contributed by atoms with van der Waals surface area (Å²) < 4.78 is 6.80. The van der Waals surface area contributed by atoms with Gasteiger partial charge in [-0.15, -0.1) is 10.2 Å². The van der Waals surface area contributed by atoms with Gasteiger partial charge in [0.15, 0.2) is 0 Å². The predicted octanol–water partition coefficient (Wildman–Crippen LogP) is 3.69. The van der Waals surface area contributed by atoms with Crippen molar-refractivity contribution < 1.29 is 9.21 Å². The normalized spacial score (nSPS) is 14.9. The molecule has 1 fully saturated rings. The number of aryl methyl sites for hydroxylation is 1. The summed E-state index contributed by atoms with van der Waals surface area (Å²) in [5, 5.41) is 8.34. The molecule has 1 aliphatic heterocycles. The Labute approximate surface area is 178 Å². The van der Waals surface area contributed by atoms with E-state index in [1.54, 1.807) is 0 Å². The van der Waals surface area contributed by atoms with Gasteiger partial charge in [0.05, 0.1) is 13.0 Å². The number of benzene rings is 2. The zero-order valence-electron chi connectivity index (χ0n) is 16.3. The molecule has 0 aliphatic carbocycles. The van der Waals surface area contributed by atoms with Gasteiger partial charge < -0.3 is 9.32 Å². The second kappa shape index (κ2) is 8.88. The molecule has 1 aromatic heterocycles. The summed E-state index contributed by atoms with van der Waals surface area (Å²) in [4.78, 5) is 16.8. The Balaban J connectivity index is 1.29. The molecule has 0 bridgehead atoms. The molecule has 3 aromatic rings. The number of amides is 1. The van der Waals surface area contributed by atoms with E-state index >= 15 is 0 Å². The SMILES string of the molecule is Cc1ccc(CC(=O)N2CCN(Cc3nnc(-c4cccc(Br)c4)o3)CC2)cc1. The number of carbonyl (C=O) groups is 1. The van der Waals surface area contributed by atoms with Gasteiger partial charge in [0, 0.05) is 36.2 Å². The molecule has 0 radical (unpaired) electrons. The van der Waals surface area contributed by atoms with E-state index in [4.69, 9.17) is 4.42 Å². The fourth-order valence-corrected chi connectivity index (χ4v) is 3.79. The molecule has 0 N–H and O–H groups in total. The standard InChI is InChI=1S/C22H23BrN4O2/c1-16-5-7-17(8-6-16)13-21(28)27-11-9-26(10-12-27)15-20-24-25-22(29-20)18-3-2-4-19(23)14-18/h2-8,14H,9-13,15H2,1H3. The molecule has 1 amide bonds. The van der Waals surface area contributed by atoms with Crippen LogP contribution in [0.4, 0.5) is 0 Å². The van der Waals surface area contributed by atoms with Gasteiger partial charge in [-0.25, -0.2) is 0 Å². The maximum atomic E-state index is 12.6. The van der Waals surface area contributed by atoms with Gasteiger partial charge in [-0.1, -0.05) is 51.8 Å². The van der Waals surface area contributed by atoms with Gasteiger partial charge in [0.2, 0.25) is 17.7 Å². The molecule has 29 heavy (non-hydrogen) atoms. The maximum absolute atomic E-state index is 12.6. The molecule has 1 aliphatic rings. The summed E-state index contributed by atoms with van der Waals surface area (Å²) in [7, 11) is 0. The third-order valence-corrected chi connectivity index (χ3v) is 5.59. The summed E-state index contributed by atoms with van der Waals surface area (Å²) in [5.41, 5.74) is 3.16. The van der Waals surface area contributed by atoms with Crippen LogP contribution in [-0.4, -0.2) is 52.1 Å². The second-order valence-electron chi connectivity index (χ2n) is 7.33. The lowest BCUT2D eigenvalue weighted by Crippen LogP contribution is -2.48. The molecule has 7 heteroatoms. The van der Waals surface area contributed by atoms with Crippen LogP contribution in [0.25, 0.3) is 11.5 Å². The summed E-state index contributed by atoms with van der Waals surface area (Å²) in [6, 6.07) is 16.0. The minimum Gasteiger partial charge on any atom is -0.419 e. The highest BCUT2D eigenvalue weighted by Crippen LogP contribution is 2.22. The van der Waals surface area contributed by atoms with Crippen molar-refractivity contribution in [1.29, 1.82) is 0 Å². The quantitative estimate of drug-likeness (QED) is 0.587. The number of piperazine rings is 1. The fourth-order valence-electron chi connectivity index (χ4n) is 3.39. The number of hydrogen-bond donors (Lipinski definition) is 0. The average molecular weight is 455 g/mol. The van der Waals surface area contributed by atoms with Crippen molar-refractivity contribution in [2.24, 2.45) is 0 Å². The van der Waals surface area contributed by atoms with Crippen LogP contribution in [0.5, 0.6) is 0 Å². The Morgan fingerprint density at radius 1 is 1.07 bits per heavy atom. The van der Waals surface area contributed by atoms with Crippen LogP contribution in [0.2, 0.25) is 0 Å². The van der Waals surface area contributed by atoms with Crippen LogP contribution < -0.4 is 0 Å². The molecule has 2 aromatic carbocycles. The van der Waals surface area contributed by atoms with Gasteiger partial charge in [-0.2, -0.15) is 0 Å². The maximum Gasteiger partial charge on any atom is 0.247 e. The molecule has 150 valence electrons. The van der Waals surface area contributed by atoms with Crippen molar-refractivity contribution in [3.05, 3.63) is 70.0 Å². The summed E-state index contributed by atoms with van der Waals surface area (Å²) >= 11 is 3.46. The number of halogens is 1. The first-order valence-electron chi connectivity index (χ1n) is 9.71. The smallest absolute Gasteiger partial charge is 0.247 e. The molecular weight excluding hydrogens is 432 g/mol. The van der Waals surface area contributed by atoms with E-state index < -0.39 is 0 Å². The zero-order valence-corrected chi connectivity index (χ0v) is 17.9. The van der Waals surface area contributed by atoms with E-state index in [-0.39, 0.29) is 5.91 Å². The van der Waals surface area contributed by atoms with E-state index in [9.17, 15) is 4.79 Å². The lowest BCUT2D eigenvalue weighted by Gasteiger charge is -2.34. The van der Waals surface area contributed by atoms with Gasteiger partial charge in [0.1, 0.15) is 0 Å². The van der Waals surface area contributed by atoms with Crippen molar-refractivity contribution >= 4 is 21.8 Å². The Morgan fingerprint density at radius 2 is 1.83 bits per heavy atom. The van der Waals surface area contributed by atoms with E-state index in [0.29, 0.717) is 24.7 Å². The predicted molar refractivity (Wildman–Crippen MR) is 114 cm³/mol. The third-order valence-electron chi connectivity index (χ3n) is 5.10. The Bertz CT molecular complexity index is 978. The second-order valence-corrected chi connectivity index (χ2v) is 8.25. The van der Waals surface area contributed by atoms with Gasteiger partial charge in [-0.3, -0.25) is 9.69 Å². The lowest BCUT2D eigenvalue weighted by atomic mass is 10.1. The Kier molecular flexibility index (Phi) is 6.06. The molecule has 2 heterocycles. The Hall–Kier alpha value is -2.51. The minimum absolute atomic E-state index is 0.184. The van der Waals surface area contributed by atoms with E-state index in [0.717, 1.165) is 41.8 Å². The monoisotopic (exact) mass is 454 g/mol. The van der Waals surface area contributed by atoms with Crippen molar-refractivity contribution in [2.45, 2.75) is 19.9 Å². The molecule has 0 unspecified atom stereocenters. The summed E-state index contributed by atoms with van der Waals surface area (Å²) in [5.74, 6) is 1.30. The van der Waals surface area contributed by atoms with Crippen LogP contribution in [0.3, 0.4) is 0 Å². The zero-order chi connectivity index (χ0) is 20.2. The highest BCUT2D eigenvalue weighted by molar-refractivity contribution is 9.10. The summed E-state index contributed by atoms with van der Waals surface area (Å²) in [6.45, 7) is 5.69. The van der Waals surface area contributed by atoms with Crippen LogP contribution in [0.15, 0.2) is 57.4 Å². The van der Waals surface area contributed by atoms with Gasteiger partial charge >= 0.3 is 0 Å². The molecular formula is C22H23BrN4O2. The molecule has 4 rings (SSSR count). The van der Waals surface area contributed by atoms with Gasteiger partial charge in [-0.05, 0) is 30.7 Å². The van der Waals surface area contributed by atoms with Crippen LogP contribution >= 0.6 is 15.9 Å². The number of hydrogen-bond acceptors (Lipinski definition) is 5. The largest absolute Gasteiger partial charge is 0.419 e. The van der Waals surface area contributed by atoms with Crippen molar-refractivity contribution in [3.8, 4) is 11.5 Å². The molecule has 0 atom stereocenters. The third kappa shape index (κ3) is 5.10. The number of nitrogens with zero attached hydrogens (tertiary/aromatic N) is 4. The minimum atomic E-state index is 0.184. The number of rotatable bonds is 5. The first kappa shape index (κ1) is 19.8. The number of carbonyl (C=O) groups excluding carboxylic acids is 1. The van der Waals surface area contributed by atoms with E-state index in [1.807, 2.05) is 53.4 Å². The lowest BCUT2D eigenvalue weighted by molar-refractivity contribution is -0.132. The first-order chi connectivity index (χ1) is 14.1. The number of aromatic nitrogens is 2. The van der Waals surface area contributed by atoms with E-state index in [2.05, 4.69) is 38.0 Å².